The number of carbonyl (C=O) groups excluding carboxylic acids is 5. The molecule has 0 aliphatic carbocycles. The van der Waals surface area contributed by atoms with E-state index in [2.05, 4.69) is 16.0 Å². The predicted octanol–water partition coefficient (Wildman–Crippen LogP) is -1.22. The van der Waals surface area contributed by atoms with Crippen LogP contribution in [0, 0.1) is 0 Å². The zero-order chi connectivity index (χ0) is 29.9. The third kappa shape index (κ3) is 9.69. The average molecular weight is 566 g/mol. The second-order valence-electron chi connectivity index (χ2n) is 10.3. The van der Waals surface area contributed by atoms with E-state index >= 15 is 0 Å². The molecule has 7 N–H and O–H groups in total. The topological polar surface area (TPSA) is 180 Å². The number of benzene rings is 2. The van der Waals surface area contributed by atoms with Crippen molar-refractivity contribution in [2.24, 2.45) is 11.5 Å². The summed E-state index contributed by atoms with van der Waals surface area (Å²) in [6, 6.07) is 13.1. The minimum absolute atomic E-state index is 0.187. The molecule has 1 aliphatic heterocycles. The Kier molecular flexibility index (Phi) is 11.4. The molecule has 1 fully saturated rings. The molecule has 0 spiro atoms. The zero-order valence-corrected chi connectivity index (χ0v) is 23.5. The molecule has 1 aliphatic rings. The van der Waals surface area contributed by atoms with Gasteiger partial charge in [0, 0.05) is 38.7 Å². The van der Waals surface area contributed by atoms with Crippen LogP contribution in [0.3, 0.4) is 0 Å². The van der Waals surface area contributed by atoms with E-state index in [1.54, 1.807) is 24.3 Å². The fraction of sp³-hybridized carbons (Fsp3) is 0.414. The molecule has 0 saturated carbocycles. The Morgan fingerprint density at radius 2 is 1.68 bits per heavy atom. The van der Waals surface area contributed by atoms with Crippen LogP contribution in [-0.2, 0) is 32.0 Å². The van der Waals surface area contributed by atoms with Gasteiger partial charge < -0.3 is 37.2 Å². The van der Waals surface area contributed by atoms with Gasteiger partial charge in [0.25, 0.3) is 0 Å². The van der Waals surface area contributed by atoms with Gasteiger partial charge in [0.05, 0.1) is 12.6 Å². The van der Waals surface area contributed by atoms with E-state index in [0.29, 0.717) is 31.6 Å². The fourth-order valence-corrected chi connectivity index (χ4v) is 4.50. The molecule has 0 aromatic heterocycles. The molecular formula is C29H39N7O5. The number of rotatable bonds is 7. The standard InChI is InChI=1S/C29H39N7O5/c1-35-14-12-23(34-27(39)22(30)16-20-8-10-21(11-9-20)26(31)38)29(41)36(2)18-25(37)33-24(28(40)32-13-15-35)17-19-6-4-3-5-7-19/h3-11,22-24H,12-18,30H2,1-2H3,(H2,31,38)(H,32,40)(H,33,37)(H,34,39)/t22?,23-,24+/m1/s1. The summed E-state index contributed by atoms with van der Waals surface area (Å²) in [6.07, 6.45) is 0.762. The third-order valence-electron chi connectivity index (χ3n) is 6.93. The van der Waals surface area contributed by atoms with Crippen LogP contribution in [-0.4, -0.2) is 97.7 Å². The maximum absolute atomic E-state index is 13.4. The minimum atomic E-state index is -0.949. The van der Waals surface area contributed by atoms with E-state index in [1.807, 2.05) is 42.3 Å². The number of likely N-dealkylation sites (N-methyl/N-ethyl adjacent to an activating group) is 2. The molecule has 12 heteroatoms. The predicted molar refractivity (Wildman–Crippen MR) is 153 cm³/mol. The van der Waals surface area contributed by atoms with Crippen molar-refractivity contribution in [3.8, 4) is 0 Å². The average Bonchev–Trinajstić information content (AvgIpc) is 2.94. The van der Waals surface area contributed by atoms with Gasteiger partial charge in [-0.05, 0) is 43.1 Å². The summed E-state index contributed by atoms with van der Waals surface area (Å²) in [7, 11) is 3.33. The largest absolute Gasteiger partial charge is 0.366 e. The molecule has 2 aromatic carbocycles. The number of nitrogens with zero attached hydrogens (tertiary/aromatic N) is 2. The molecule has 1 saturated heterocycles. The Bertz CT molecular complexity index is 1220. The van der Waals surface area contributed by atoms with Crippen molar-refractivity contribution in [1.29, 1.82) is 0 Å². The summed E-state index contributed by atoms with van der Waals surface area (Å²) in [5.41, 5.74) is 13.4. The lowest BCUT2D eigenvalue weighted by molar-refractivity contribution is -0.139. The molecule has 3 rings (SSSR count). The van der Waals surface area contributed by atoms with Crippen LogP contribution in [0.15, 0.2) is 54.6 Å². The first-order chi connectivity index (χ1) is 19.5. The van der Waals surface area contributed by atoms with E-state index in [4.69, 9.17) is 11.5 Å². The lowest BCUT2D eigenvalue weighted by Crippen LogP contribution is -2.56. The Balaban J connectivity index is 1.69. The maximum atomic E-state index is 13.4. The van der Waals surface area contributed by atoms with Gasteiger partial charge in [-0.1, -0.05) is 42.5 Å². The first-order valence-corrected chi connectivity index (χ1v) is 13.5. The van der Waals surface area contributed by atoms with E-state index < -0.39 is 41.8 Å². The lowest BCUT2D eigenvalue weighted by Gasteiger charge is -2.28. The van der Waals surface area contributed by atoms with E-state index in [9.17, 15) is 24.0 Å². The van der Waals surface area contributed by atoms with Crippen LogP contribution in [0.5, 0.6) is 0 Å². The summed E-state index contributed by atoms with van der Waals surface area (Å²) >= 11 is 0. The van der Waals surface area contributed by atoms with Crippen molar-refractivity contribution >= 4 is 29.5 Å². The fourth-order valence-electron chi connectivity index (χ4n) is 4.50. The zero-order valence-electron chi connectivity index (χ0n) is 23.5. The van der Waals surface area contributed by atoms with Crippen molar-refractivity contribution in [2.45, 2.75) is 37.4 Å². The summed E-state index contributed by atoms with van der Waals surface area (Å²) in [5.74, 6) is -2.31. The van der Waals surface area contributed by atoms with E-state index in [0.717, 1.165) is 11.1 Å². The Morgan fingerprint density at radius 1 is 1.00 bits per heavy atom. The number of amides is 5. The number of hydrogen-bond donors (Lipinski definition) is 5. The van der Waals surface area contributed by atoms with Gasteiger partial charge in [0.15, 0.2) is 0 Å². The summed E-state index contributed by atoms with van der Waals surface area (Å²) in [4.78, 5) is 66.6. The summed E-state index contributed by atoms with van der Waals surface area (Å²) < 4.78 is 0. The minimum Gasteiger partial charge on any atom is -0.366 e. The second kappa shape index (κ2) is 14.9. The quantitative estimate of drug-likeness (QED) is 0.279. The number of nitrogens with two attached hydrogens (primary N) is 2. The van der Waals surface area contributed by atoms with Gasteiger partial charge in [-0.2, -0.15) is 0 Å². The van der Waals surface area contributed by atoms with Crippen LogP contribution in [0.25, 0.3) is 0 Å². The molecule has 220 valence electrons. The number of hydrogen-bond acceptors (Lipinski definition) is 7. The first kappa shape index (κ1) is 31.2. The molecule has 1 heterocycles. The summed E-state index contributed by atoms with van der Waals surface area (Å²) in [5, 5.41) is 8.38. The maximum Gasteiger partial charge on any atom is 0.248 e. The molecule has 0 bridgehead atoms. The van der Waals surface area contributed by atoms with Crippen molar-refractivity contribution < 1.29 is 24.0 Å². The van der Waals surface area contributed by atoms with Gasteiger partial charge in [-0.25, -0.2) is 0 Å². The van der Waals surface area contributed by atoms with Crippen LogP contribution in [0.2, 0.25) is 0 Å². The van der Waals surface area contributed by atoms with Crippen LogP contribution in [0.1, 0.15) is 27.9 Å². The SMILES string of the molecule is CN1CCNC(=O)[C@H](Cc2ccccc2)NC(=O)CN(C)C(=O)[C@H](NC(=O)C(N)Cc2ccc(C(N)=O)cc2)CC1. The number of primary amides is 1. The first-order valence-electron chi connectivity index (χ1n) is 13.5. The molecule has 2 aromatic rings. The molecular weight excluding hydrogens is 526 g/mol. The molecule has 1 unspecified atom stereocenters. The van der Waals surface area contributed by atoms with E-state index in [1.165, 1.54) is 11.9 Å². The highest BCUT2D eigenvalue weighted by Crippen LogP contribution is 2.08. The van der Waals surface area contributed by atoms with Gasteiger partial charge in [0.2, 0.25) is 29.5 Å². The van der Waals surface area contributed by atoms with Crippen LogP contribution < -0.4 is 27.4 Å². The van der Waals surface area contributed by atoms with Gasteiger partial charge in [-0.15, -0.1) is 0 Å². The van der Waals surface area contributed by atoms with Crippen molar-refractivity contribution in [2.75, 3.05) is 40.3 Å². The highest BCUT2D eigenvalue weighted by atomic mass is 16.2. The Morgan fingerprint density at radius 3 is 2.34 bits per heavy atom. The van der Waals surface area contributed by atoms with Gasteiger partial charge in [0.1, 0.15) is 12.1 Å². The van der Waals surface area contributed by atoms with Gasteiger partial charge in [-0.3, -0.25) is 24.0 Å². The monoisotopic (exact) mass is 565 g/mol. The van der Waals surface area contributed by atoms with Crippen LogP contribution in [0.4, 0.5) is 0 Å². The Hall–Kier alpha value is -4.29. The van der Waals surface area contributed by atoms with Gasteiger partial charge >= 0.3 is 0 Å². The van der Waals surface area contributed by atoms with Crippen molar-refractivity contribution in [3.05, 3.63) is 71.3 Å². The number of nitrogens with one attached hydrogen (secondary N) is 3. The highest BCUT2D eigenvalue weighted by Gasteiger charge is 2.29. The van der Waals surface area contributed by atoms with E-state index in [-0.39, 0.29) is 25.3 Å². The summed E-state index contributed by atoms with van der Waals surface area (Å²) in [6.45, 7) is 1.01. The van der Waals surface area contributed by atoms with Crippen LogP contribution >= 0.6 is 0 Å². The Labute approximate surface area is 239 Å². The highest BCUT2D eigenvalue weighted by molar-refractivity contribution is 5.94. The third-order valence-corrected chi connectivity index (χ3v) is 6.93. The normalized spacial score (nSPS) is 20.4. The second-order valence-corrected chi connectivity index (χ2v) is 10.3. The molecule has 12 nitrogen and oxygen atoms in total. The van der Waals surface area contributed by atoms with Crippen molar-refractivity contribution in [3.63, 3.8) is 0 Å². The number of carbonyl (C=O) groups is 5. The lowest BCUT2D eigenvalue weighted by atomic mass is 10.0. The van der Waals surface area contributed by atoms with Crippen molar-refractivity contribution in [1.82, 2.24) is 25.8 Å². The smallest absolute Gasteiger partial charge is 0.248 e. The molecule has 0 radical (unpaired) electrons. The molecule has 41 heavy (non-hydrogen) atoms. The molecule has 3 atom stereocenters. The molecule has 5 amide bonds.